The molecule has 1 heterocycles. The van der Waals surface area contributed by atoms with Gasteiger partial charge in [0.2, 0.25) is 0 Å². The lowest BCUT2D eigenvalue weighted by Crippen LogP contribution is -2.26. The highest BCUT2D eigenvalue weighted by atomic mass is 16.5. The minimum absolute atomic E-state index is 0.136. The zero-order chi connectivity index (χ0) is 24.9. The van der Waals surface area contributed by atoms with E-state index < -0.39 is 0 Å². The second-order valence-electron chi connectivity index (χ2n) is 10.2. The molecule has 2 aromatic rings. The van der Waals surface area contributed by atoms with Gasteiger partial charge >= 0.3 is 0 Å². The summed E-state index contributed by atoms with van der Waals surface area (Å²) in [6.45, 7) is 2.56. The highest BCUT2D eigenvalue weighted by molar-refractivity contribution is 6.06. The maximum Gasteiger partial charge on any atom is 0.258 e. The van der Waals surface area contributed by atoms with Crippen molar-refractivity contribution in [3.8, 4) is 11.5 Å². The number of rotatable bonds is 9. The number of carbonyl (C=O) groups is 1. The van der Waals surface area contributed by atoms with Gasteiger partial charge in [0.05, 0.1) is 12.2 Å². The van der Waals surface area contributed by atoms with E-state index in [0.717, 1.165) is 42.7 Å². The Morgan fingerprint density at radius 2 is 1.86 bits per heavy atom. The Morgan fingerprint density at radius 1 is 1.11 bits per heavy atom. The van der Waals surface area contributed by atoms with E-state index in [9.17, 15) is 9.90 Å². The molecule has 1 fully saturated rings. The maximum absolute atomic E-state index is 13.4. The predicted octanol–water partition coefficient (Wildman–Crippen LogP) is 4.80. The third-order valence-corrected chi connectivity index (χ3v) is 7.15. The first kappa shape index (κ1) is 25.0. The van der Waals surface area contributed by atoms with Crippen molar-refractivity contribution in [1.29, 1.82) is 5.41 Å². The highest BCUT2D eigenvalue weighted by Gasteiger charge is 2.28. The molecule has 0 unspecified atom stereocenters. The van der Waals surface area contributed by atoms with Crippen LogP contribution < -0.4 is 10.5 Å². The molecule has 2 aliphatic rings. The quantitative estimate of drug-likeness (QED) is 0.273. The molecule has 0 atom stereocenters. The number of nitrogens with two attached hydrogens (primary N) is 1. The Bertz CT molecular complexity index is 1080. The number of hydrogen-bond donors (Lipinski definition) is 3. The number of carbonyl (C=O) groups excluding carboxylic acids is 1. The second kappa shape index (κ2) is 11.1. The lowest BCUT2D eigenvalue weighted by molar-refractivity contribution is 0.0748. The van der Waals surface area contributed by atoms with Crippen LogP contribution in [0.25, 0.3) is 0 Å². The van der Waals surface area contributed by atoms with Crippen LogP contribution in [0.3, 0.4) is 0 Å². The van der Waals surface area contributed by atoms with Crippen LogP contribution in [0.2, 0.25) is 0 Å². The molecule has 0 spiro atoms. The van der Waals surface area contributed by atoms with Crippen molar-refractivity contribution in [1.82, 2.24) is 9.80 Å². The molecule has 1 aliphatic heterocycles. The molecule has 7 nitrogen and oxygen atoms in total. The third-order valence-electron chi connectivity index (χ3n) is 7.15. The van der Waals surface area contributed by atoms with Crippen LogP contribution in [0.5, 0.6) is 11.5 Å². The van der Waals surface area contributed by atoms with Crippen LogP contribution in [0.4, 0.5) is 5.69 Å². The largest absolute Gasteiger partial charge is 0.507 e. The number of nitrogens with one attached hydrogen (secondary N) is 1. The maximum atomic E-state index is 13.4. The molecular weight excluding hydrogens is 440 g/mol. The van der Waals surface area contributed by atoms with Crippen molar-refractivity contribution in [2.24, 2.45) is 5.92 Å². The number of anilines is 1. The Balaban J connectivity index is 1.43. The van der Waals surface area contributed by atoms with Crippen molar-refractivity contribution in [2.75, 3.05) is 33.0 Å². The molecule has 35 heavy (non-hydrogen) atoms. The van der Waals surface area contributed by atoms with Gasteiger partial charge in [-0.1, -0.05) is 38.2 Å². The standard InChI is InChI=1S/C28H38N4O3/c1-31(2)11-6-12-35-22-10-9-20-17-32(18-21(20)14-22)28(34)24-15-23(26(30)16-27(24)33)25(29)13-19-7-4-3-5-8-19/h9-10,14-16,19,29,33H,3-8,11-13,17-18,30H2,1-2H3. The van der Waals surface area contributed by atoms with Gasteiger partial charge in [-0.2, -0.15) is 0 Å². The highest BCUT2D eigenvalue weighted by Crippen LogP contribution is 2.33. The summed E-state index contributed by atoms with van der Waals surface area (Å²) in [6, 6.07) is 9.00. The van der Waals surface area contributed by atoms with E-state index >= 15 is 0 Å². The smallest absolute Gasteiger partial charge is 0.258 e. The van der Waals surface area contributed by atoms with Gasteiger partial charge in [0, 0.05) is 42.7 Å². The number of hydrogen-bond acceptors (Lipinski definition) is 6. The monoisotopic (exact) mass is 478 g/mol. The van der Waals surface area contributed by atoms with Crippen LogP contribution in [0.1, 0.15) is 72.0 Å². The molecule has 0 saturated heterocycles. The zero-order valence-corrected chi connectivity index (χ0v) is 21.0. The third kappa shape index (κ3) is 6.14. The van der Waals surface area contributed by atoms with E-state index in [1.54, 1.807) is 11.0 Å². The molecule has 0 radical (unpaired) electrons. The fourth-order valence-corrected chi connectivity index (χ4v) is 5.17. The molecule has 0 aromatic heterocycles. The topological polar surface area (TPSA) is 103 Å². The van der Waals surface area contributed by atoms with E-state index in [-0.39, 0.29) is 17.2 Å². The SMILES string of the molecule is CN(C)CCCOc1ccc2c(c1)CN(C(=O)c1cc(C(=N)CC3CCCCC3)c(N)cc1O)C2. The molecule has 0 bridgehead atoms. The number of amides is 1. The molecule has 1 amide bonds. The van der Waals surface area contributed by atoms with Gasteiger partial charge in [0.1, 0.15) is 11.5 Å². The first-order chi connectivity index (χ1) is 16.8. The van der Waals surface area contributed by atoms with Crippen molar-refractivity contribution < 1.29 is 14.6 Å². The number of fused-ring (bicyclic) bond motifs is 1. The summed E-state index contributed by atoms with van der Waals surface area (Å²) in [4.78, 5) is 17.2. The van der Waals surface area contributed by atoms with Crippen molar-refractivity contribution >= 4 is 17.3 Å². The molecule has 1 aliphatic carbocycles. The summed E-state index contributed by atoms with van der Waals surface area (Å²) in [5, 5.41) is 19.2. The summed E-state index contributed by atoms with van der Waals surface area (Å²) >= 11 is 0. The Hall–Kier alpha value is -3.06. The van der Waals surface area contributed by atoms with Gasteiger partial charge in [0.15, 0.2) is 0 Å². The van der Waals surface area contributed by atoms with Crippen molar-refractivity contribution in [3.63, 3.8) is 0 Å². The number of ether oxygens (including phenoxy) is 1. The normalized spacial score (nSPS) is 15.9. The minimum atomic E-state index is -0.251. The second-order valence-corrected chi connectivity index (χ2v) is 10.2. The molecule has 2 aromatic carbocycles. The number of phenols is 1. The summed E-state index contributed by atoms with van der Waals surface area (Å²) in [7, 11) is 4.09. The van der Waals surface area contributed by atoms with Crippen molar-refractivity contribution in [3.05, 3.63) is 52.6 Å². The molecule has 188 valence electrons. The van der Waals surface area contributed by atoms with E-state index in [2.05, 4.69) is 4.90 Å². The number of nitrogens with zero attached hydrogens (tertiary/aromatic N) is 2. The Morgan fingerprint density at radius 3 is 2.60 bits per heavy atom. The fourth-order valence-electron chi connectivity index (χ4n) is 5.17. The average molecular weight is 479 g/mol. The Labute approximate surface area is 208 Å². The van der Waals surface area contributed by atoms with Gasteiger partial charge in [-0.3, -0.25) is 4.79 Å². The van der Waals surface area contributed by atoms with Crippen molar-refractivity contribution in [2.45, 2.75) is 58.0 Å². The summed E-state index contributed by atoms with van der Waals surface area (Å²) in [5.74, 6) is 0.919. The first-order valence-corrected chi connectivity index (χ1v) is 12.7. The zero-order valence-electron chi connectivity index (χ0n) is 21.0. The predicted molar refractivity (Wildman–Crippen MR) is 139 cm³/mol. The number of benzene rings is 2. The fraction of sp³-hybridized carbons (Fsp3) is 0.500. The molecular formula is C28H38N4O3. The van der Waals surface area contributed by atoms with Gasteiger partial charge < -0.3 is 30.8 Å². The lowest BCUT2D eigenvalue weighted by Gasteiger charge is -2.23. The molecule has 7 heteroatoms. The number of phenolic OH excluding ortho intramolecular Hbond substituents is 1. The van der Waals surface area contributed by atoms with Crippen LogP contribution in [0, 0.1) is 11.3 Å². The first-order valence-electron chi connectivity index (χ1n) is 12.7. The summed E-state index contributed by atoms with van der Waals surface area (Å²) in [5.41, 5.74) is 9.86. The minimum Gasteiger partial charge on any atom is -0.507 e. The average Bonchev–Trinajstić information content (AvgIpc) is 3.25. The van der Waals surface area contributed by atoms with Gasteiger partial charge in [0.25, 0.3) is 5.91 Å². The molecule has 4 N–H and O–H groups in total. The lowest BCUT2D eigenvalue weighted by atomic mass is 9.84. The van der Waals surface area contributed by atoms with E-state index in [1.807, 2.05) is 32.3 Å². The van der Waals surface area contributed by atoms with E-state index in [1.165, 1.54) is 25.3 Å². The van der Waals surface area contributed by atoms with Gasteiger partial charge in [-0.05, 0) is 62.2 Å². The van der Waals surface area contributed by atoms with E-state index in [4.69, 9.17) is 15.9 Å². The summed E-state index contributed by atoms with van der Waals surface area (Å²) in [6.07, 6.45) is 7.58. The molecule has 4 rings (SSSR count). The van der Waals surface area contributed by atoms with Crippen LogP contribution >= 0.6 is 0 Å². The van der Waals surface area contributed by atoms with Crippen LogP contribution in [-0.4, -0.2) is 53.8 Å². The van der Waals surface area contributed by atoms with Crippen LogP contribution in [-0.2, 0) is 13.1 Å². The number of aromatic hydroxyl groups is 1. The van der Waals surface area contributed by atoms with Gasteiger partial charge in [-0.15, -0.1) is 0 Å². The van der Waals surface area contributed by atoms with Gasteiger partial charge in [-0.25, -0.2) is 0 Å². The van der Waals surface area contributed by atoms with E-state index in [0.29, 0.717) is 49.0 Å². The Kier molecular flexibility index (Phi) is 7.96. The summed E-state index contributed by atoms with van der Waals surface area (Å²) < 4.78 is 5.89. The molecule has 1 saturated carbocycles. The van der Waals surface area contributed by atoms with Crippen LogP contribution in [0.15, 0.2) is 30.3 Å². The number of nitrogen functional groups attached to an aromatic ring is 1.